The molecule has 0 unspecified atom stereocenters. The van der Waals surface area contributed by atoms with E-state index in [4.69, 9.17) is 0 Å². The number of allylic oxidation sites excluding steroid dienone is 3. The highest BCUT2D eigenvalue weighted by molar-refractivity contribution is 5.68. The molecule has 2 fully saturated rings. The number of hydrogen-bond donors (Lipinski definition) is 1. The molecular weight excluding hydrogens is 332 g/mol. The van der Waals surface area contributed by atoms with Crippen LogP contribution >= 0.6 is 0 Å². The number of fused-ring (bicyclic) bond motifs is 5. The van der Waals surface area contributed by atoms with Crippen LogP contribution < -0.4 is 0 Å². The Hall–Kier alpha value is -1.48. The normalized spacial score (nSPS) is 46.0. The van der Waals surface area contributed by atoms with Gasteiger partial charge in [0, 0.05) is 12.4 Å². The average molecular weight is 365 g/mol. The van der Waals surface area contributed by atoms with Crippen LogP contribution in [0.5, 0.6) is 0 Å². The first kappa shape index (κ1) is 17.6. The van der Waals surface area contributed by atoms with Gasteiger partial charge in [-0.1, -0.05) is 38.5 Å². The molecule has 0 bridgehead atoms. The lowest BCUT2D eigenvalue weighted by Gasteiger charge is -2.59. The van der Waals surface area contributed by atoms with Crippen LogP contribution in [0.15, 0.2) is 36.2 Å². The molecule has 4 aliphatic carbocycles. The van der Waals surface area contributed by atoms with E-state index in [1.54, 1.807) is 5.57 Å². The standard InChI is InChI=1S/C24H32N2O/c1-15-13-16-14-17(27)7-9-23(16,2)19-8-10-24(3)18(21(15)19)5-6-20(24)22-25-11-4-12-26-22/h4,6,11-13,15,17-19,21,27H,5,7-10,14H2,1-3H3/t15-,17-,18-,19-,21-,23-,24-/m0/s1. The topological polar surface area (TPSA) is 46.0 Å². The summed E-state index contributed by atoms with van der Waals surface area (Å²) in [5.41, 5.74) is 3.44. The Bertz CT molecular complexity index is 800. The van der Waals surface area contributed by atoms with E-state index in [0.29, 0.717) is 17.3 Å². The van der Waals surface area contributed by atoms with Gasteiger partial charge in [0.1, 0.15) is 0 Å². The summed E-state index contributed by atoms with van der Waals surface area (Å²) in [6.45, 7) is 7.40. The van der Waals surface area contributed by atoms with Gasteiger partial charge in [-0.2, -0.15) is 0 Å². The van der Waals surface area contributed by atoms with Crippen LogP contribution in [-0.4, -0.2) is 21.2 Å². The van der Waals surface area contributed by atoms with Crippen LogP contribution in [0, 0.1) is 34.5 Å². The van der Waals surface area contributed by atoms with Gasteiger partial charge in [0.2, 0.25) is 0 Å². The van der Waals surface area contributed by atoms with Crippen molar-refractivity contribution in [1.29, 1.82) is 0 Å². The van der Waals surface area contributed by atoms with Gasteiger partial charge >= 0.3 is 0 Å². The molecule has 1 aromatic heterocycles. The van der Waals surface area contributed by atoms with Crippen molar-refractivity contribution in [3.63, 3.8) is 0 Å². The first-order chi connectivity index (χ1) is 12.9. The van der Waals surface area contributed by atoms with Crippen LogP contribution in [0.3, 0.4) is 0 Å². The van der Waals surface area contributed by atoms with Crippen LogP contribution in [-0.2, 0) is 0 Å². The number of aliphatic hydroxyl groups is 1. The maximum atomic E-state index is 10.2. The lowest BCUT2D eigenvalue weighted by Crippen LogP contribution is -2.52. The summed E-state index contributed by atoms with van der Waals surface area (Å²) < 4.78 is 0. The van der Waals surface area contributed by atoms with E-state index >= 15 is 0 Å². The fourth-order valence-corrected chi connectivity index (χ4v) is 7.36. The predicted molar refractivity (Wildman–Crippen MR) is 108 cm³/mol. The lowest BCUT2D eigenvalue weighted by molar-refractivity contribution is -0.0426. The van der Waals surface area contributed by atoms with E-state index in [2.05, 4.69) is 42.9 Å². The molecule has 0 amide bonds. The second-order valence-corrected chi connectivity index (χ2v) is 10.0. The highest BCUT2D eigenvalue weighted by Crippen LogP contribution is 2.67. The third kappa shape index (κ3) is 2.43. The number of aromatic nitrogens is 2. The Morgan fingerprint density at radius 1 is 1.04 bits per heavy atom. The van der Waals surface area contributed by atoms with Crippen molar-refractivity contribution >= 4 is 5.57 Å². The molecular formula is C24H32N2O. The molecule has 27 heavy (non-hydrogen) atoms. The molecule has 3 heteroatoms. The first-order valence-corrected chi connectivity index (χ1v) is 10.8. The predicted octanol–water partition coefficient (Wildman–Crippen LogP) is 5.04. The molecule has 5 rings (SSSR count). The number of rotatable bonds is 1. The van der Waals surface area contributed by atoms with Crippen molar-refractivity contribution in [2.24, 2.45) is 34.5 Å². The van der Waals surface area contributed by atoms with Crippen LogP contribution in [0.4, 0.5) is 0 Å². The van der Waals surface area contributed by atoms with Crippen LogP contribution in [0.2, 0.25) is 0 Å². The minimum atomic E-state index is -0.128. The van der Waals surface area contributed by atoms with E-state index in [0.717, 1.165) is 43.3 Å². The fraction of sp³-hybridized carbons (Fsp3) is 0.667. The quantitative estimate of drug-likeness (QED) is 0.710. The number of aliphatic hydroxyl groups excluding tert-OH is 1. The zero-order chi connectivity index (χ0) is 18.8. The summed E-state index contributed by atoms with van der Waals surface area (Å²) in [6, 6.07) is 1.91. The average Bonchev–Trinajstić information content (AvgIpc) is 3.01. The Morgan fingerprint density at radius 3 is 2.56 bits per heavy atom. The van der Waals surface area contributed by atoms with Crippen molar-refractivity contribution in [1.82, 2.24) is 9.97 Å². The highest BCUT2D eigenvalue weighted by Gasteiger charge is 2.58. The Morgan fingerprint density at radius 2 is 1.78 bits per heavy atom. The maximum Gasteiger partial charge on any atom is 0.155 e. The SMILES string of the molecule is C[C@H]1C=C2C[C@@H](O)CC[C@]2(C)[C@H]2CC[C@]3(C)C(c4ncccn4)=CC[C@H]3[C@H]12. The largest absolute Gasteiger partial charge is 0.393 e. The first-order valence-electron chi connectivity index (χ1n) is 10.8. The molecule has 1 N–H and O–H groups in total. The fourth-order valence-electron chi connectivity index (χ4n) is 7.36. The summed E-state index contributed by atoms with van der Waals surface area (Å²) >= 11 is 0. The van der Waals surface area contributed by atoms with Gasteiger partial charge < -0.3 is 5.11 Å². The molecule has 4 aliphatic rings. The molecule has 0 saturated heterocycles. The van der Waals surface area contributed by atoms with Gasteiger partial charge in [-0.05, 0) is 84.7 Å². The monoisotopic (exact) mass is 364 g/mol. The molecule has 144 valence electrons. The Balaban J connectivity index is 1.52. The summed E-state index contributed by atoms with van der Waals surface area (Å²) in [5, 5.41) is 10.2. The summed E-state index contributed by atoms with van der Waals surface area (Å²) in [6.07, 6.45) is 15.3. The van der Waals surface area contributed by atoms with Crippen LogP contribution in [0.25, 0.3) is 5.57 Å². The molecule has 0 radical (unpaired) electrons. The van der Waals surface area contributed by atoms with Gasteiger partial charge in [-0.15, -0.1) is 0 Å². The highest BCUT2D eigenvalue weighted by atomic mass is 16.3. The van der Waals surface area contributed by atoms with E-state index in [1.807, 2.05) is 18.5 Å². The molecule has 0 aliphatic heterocycles. The summed E-state index contributed by atoms with van der Waals surface area (Å²) in [5.74, 6) is 3.70. The second kappa shape index (κ2) is 6.01. The molecule has 0 spiro atoms. The van der Waals surface area contributed by atoms with Gasteiger partial charge in [0.15, 0.2) is 5.82 Å². The van der Waals surface area contributed by atoms with E-state index in [1.165, 1.54) is 18.4 Å². The second-order valence-electron chi connectivity index (χ2n) is 10.0. The van der Waals surface area contributed by atoms with Crippen molar-refractivity contribution in [3.05, 3.63) is 42.0 Å². The zero-order valence-electron chi connectivity index (χ0n) is 16.9. The van der Waals surface area contributed by atoms with E-state index < -0.39 is 0 Å². The lowest BCUT2D eigenvalue weighted by atomic mass is 9.45. The molecule has 3 nitrogen and oxygen atoms in total. The van der Waals surface area contributed by atoms with Gasteiger partial charge in [0.25, 0.3) is 0 Å². The molecule has 1 heterocycles. The molecule has 7 atom stereocenters. The minimum absolute atomic E-state index is 0.128. The van der Waals surface area contributed by atoms with Gasteiger partial charge in [-0.3, -0.25) is 0 Å². The van der Waals surface area contributed by atoms with E-state index in [-0.39, 0.29) is 11.5 Å². The molecule has 2 saturated carbocycles. The number of nitrogens with zero attached hydrogens (tertiary/aromatic N) is 2. The Labute approximate surface area is 163 Å². The van der Waals surface area contributed by atoms with Gasteiger partial charge in [0.05, 0.1) is 6.10 Å². The van der Waals surface area contributed by atoms with Crippen molar-refractivity contribution < 1.29 is 5.11 Å². The summed E-state index contributed by atoms with van der Waals surface area (Å²) in [4.78, 5) is 9.18. The summed E-state index contributed by atoms with van der Waals surface area (Å²) in [7, 11) is 0. The Kier molecular flexibility index (Phi) is 3.92. The van der Waals surface area contributed by atoms with Crippen molar-refractivity contribution in [2.75, 3.05) is 0 Å². The minimum Gasteiger partial charge on any atom is -0.393 e. The zero-order valence-corrected chi connectivity index (χ0v) is 16.9. The molecule has 0 aromatic carbocycles. The van der Waals surface area contributed by atoms with Gasteiger partial charge in [-0.25, -0.2) is 9.97 Å². The smallest absolute Gasteiger partial charge is 0.155 e. The van der Waals surface area contributed by atoms with E-state index in [9.17, 15) is 5.11 Å². The third-order valence-corrected chi connectivity index (χ3v) is 8.80. The third-order valence-electron chi connectivity index (χ3n) is 8.80. The van der Waals surface area contributed by atoms with Crippen molar-refractivity contribution in [2.45, 2.75) is 65.4 Å². The maximum absolute atomic E-state index is 10.2. The number of hydrogen-bond acceptors (Lipinski definition) is 3. The molecule has 1 aromatic rings. The van der Waals surface area contributed by atoms with Crippen LogP contribution in [0.1, 0.15) is 65.1 Å². The van der Waals surface area contributed by atoms with Crippen molar-refractivity contribution in [3.8, 4) is 0 Å².